The van der Waals surface area contributed by atoms with Crippen LogP contribution in [0.2, 0.25) is 0 Å². The fourth-order valence-corrected chi connectivity index (χ4v) is 4.35. The SMILES string of the molecule is CCOc1ccc(/C(O)=C2/C(=O)C(=O)N(Cc3ccc(OC(C)C)cc3)C2c2ccc(OC)cc2)cc1. The number of amides is 1. The standard InChI is InChI=1S/C30H31NO6/c1-5-36-24-16-10-22(11-17-24)28(32)26-27(21-8-14-23(35-4)15-9-21)31(30(34)29(26)33)18-20-6-12-25(13-7-20)37-19(2)3/h6-17,19,27,32H,5,18H2,1-4H3/b28-26-. The van der Waals surface area contributed by atoms with Crippen LogP contribution in [0.4, 0.5) is 0 Å². The van der Waals surface area contributed by atoms with Crippen LogP contribution in [-0.4, -0.2) is 41.5 Å². The Morgan fingerprint density at radius 3 is 2.05 bits per heavy atom. The second kappa shape index (κ2) is 11.2. The smallest absolute Gasteiger partial charge is 0.295 e. The summed E-state index contributed by atoms with van der Waals surface area (Å²) in [5.41, 5.74) is 1.99. The van der Waals surface area contributed by atoms with E-state index in [0.29, 0.717) is 29.2 Å². The summed E-state index contributed by atoms with van der Waals surface area (Å²) in [4.78, 5) is 28.1. The fourth-order valence-electron chi connectivity index (χ4n) is 4.35. The Kier molecular flexibility index (Phi) is 7.82. The molecule has 3 aromatic carbocycles. The van der Waals surface area contributed by atoms with Gasteiger partial charge in [-0.1, -0.05) is 24.3 Å². The number of Topliss-reactive ketones (excluding diaryl/α,β-unsaturated/α-hetero) is 1. The summed E-state index contributed by atoms with van der Waals surface area (Å²) in [6.07, 6.45) is 0.0429. The van der Waals surface area contributed by atoms with Gasteiger partial charge < -0.3 is 24.2 Å². The number of carbonyl (C=O) groups is 2. The highest BCUT2D eigenvalue weighted by molar-refractivity contribution is 6.46. The Morgan fingerprint density at radius 2 is 1.49 bits per heavy atom. The van der Waals surface area contributed by atoms with Crippen LogP contribution in [-0.2, 0) is 16.1 Å². The quantitative estimate of drug-likeness (QED) is 0.237. The van der Waals surface area contributed by atoms with Gasteiger partial charge in [0.2, 0.25) is 0 Å². The van der Waals surface area contributed by atoms with E-state index in [2.05, 4.69) is 0 Å². The van der Waals surface area contributed by atoms with Crippen LogP contribution in [0.5, 0.6) is 17.2 Å². The first-order valence-corrected chi connectivity index (χ1v) is 12.2. The molecule has 7 nitrogen and oxygen atoms in total. The number of hydrogen-bond acceptors (Lipinski definition) is 6. The van der Waals surface area contributed by atoms with Crippen LogP contribution >= 0.6 is 0 Å². The minimum Gasteiger partial charge on any atom is -0.507 e. The lowest BCUT2D eigenvalue weighted by molar-refractivity contribution is -0.140. The number of benzene rings is 3. The van der Waals surface area contributed by atoms with Crippen LogP contribution in [0.15, 0.2) is 78.4 Å². The van der Waals surface area contributed by atoms with Gasteiger partial charge in [0, 0.05) is 12.1 Å². The molecule has 37 heavy (non-hydrogen) atoms. The van der Waals surface area contributed by atoms with E-state index in [0.717, 1.165) is 11.3 Å². The summed E-state index contributed by atoms with van der Waals surface area (Å²) in [5.74, 6) is 0.389. The van der Waals surface area contributed by atoms with Crippen LogP contribution in [0.3, 0.4) is 0 Å². The number of methoxy groups -OCH3 is 1. The molecule has 192 valence electrons. The van der Waals surface area contributed by atoms with Crippen molar-refractivity contribution < 1.29 is 28.9 Å². The summed E-state index contributed by atoms with van der Waals surface area (Å²) < 4.78 is 16.5. The molecule has 1 amide bonds. The average Bonchev–Trinajstić information content (AvgIpc) is 3.14. The third-order valence-electron chi connectivity index (χ3n) is 6.06. The third-order valence-corrected chi connectivity index (χ3v) is 6.06. The topological polar surface area (TPSA) is 85.3 Å². The number of hydrogen-bond donors (Lipinski definition) is 1. The molecule has 0 aromatic heterocycles. The van der Waals surface area contributed by atoms with Crippen LogP contribution < -0.4 is 14.2 Å². The molecule has 0 radical (unpaired) electrons. The molecule has 1 heterocycles. The number of likely N-dealkylation sites (tertiary alicyclic amines) is 1. The van der Waals surface area contributed by atoms with Crippen molar-refractivity contribution in [3.63, 3.8) is 0 Å². The molecular weight excluding hydrogens is 470 g/mol. The van der Waals surface area contributed by atoms with E-state index in [1.807, 2.05) is 45.0 Å². The van der Waals surface area contributed by atoms with Crippen molar-refractivity contribution in [3.05, 3.63) is 95.1 Å². The highest BCUT2D eigenvalue weighted by Crippen LogP contribution is 2.41. The Labute approximate surface area is 216 Å². The average molecular weight is 502 g/mol. The van der Waals surface area contributed by atoms with Gasteiger partial charge in [-0.05, 0) is 80.4 Å². The van der Waals surface area contributed by atoms with Gasteiger partial charge in [0.1, 0.15) is 23.0 Å². The maximum atomic E-state index is 13.3. The molecule has 4 rings (SSSR count). The predicted octanol–water partition coefficient (Wildman–Crippen LogP) is 5.50. The zero-order valence-corrected chi connectivity index (χ0v) is 21.4. The molecule has 1 atom stereocenters. The second-order valence-electron chi connectivity index (χ2n) is 8.97. The maximum Gasteiger partial charge on any atom is 0.295 e. The normalized spacial score (nSPS) is 16.8. The minimum atomic E-state index is -0.774. The highest BCUT2D eigenvalue weighted by atomic mass is 16.5. The molecule has 1 aliphatic heterocycles. The highest BCUT2D eigenvalue weighted by Gasteiger charge is 2.46. The van der Waals surface area contributed by atoms with Gasteiger partial charge in [0.15, 0.2) is 0 Å². The van der Waals surface area contributed by atoms with Crippen molar-refractivity contribution in [1.82, 2.24) is 4.90 Å². The molecule has 1 saturated heterocycles. The Morgan fingerprint density at radius 1 is 0.892 bits per heavy atom. The lowest BCUT2D eigenvalue weighted by Crippen LogP contribution is -2.29. The van der Waals surface area contributed by atoms with Crippen molar-refractivity contribution in [1.29, 1.82) is 0 Å². The molecule has 3 aromatic rings. The van der Waals surface area contributed by atoms with Gasteiger partial charge in [-0.2, -0.15) is 0 Å². The first-order chi connectivity index (χ1) is 17.8. The molecule has 1 aliphatic rings. The molecule has 1 fully saturated rings. The number of ether oxygens (including phenoxy) is 3. The Hall–Kier alpha value is -4.26. The summed E-state index contributed by atoms with van der Waals surface area (Å²) >= 11 is 0. The number of carbonyl (C=O) groups excluding carboxylic acids is 2. The third kappa shape index (κ3) is 5.61. The largest absolute Gasteiger partial charge is 0.507 e. The zero-order valence-electron chi connectivity index (χ0n) is 21.4. The van der Waals surface area contributed by atoms with Crippen molar-refractivity contribution >= 4 is 17.4 Å². The van der Waals surface area contributed by atoms with Gasteiger partial charge >= 0.3 is 0 Å². The molecule has 1 N–H and O–H groups in total. The summed E-state index contributed by atoms with van der Waals surface area (Å²) in [6.45, 7) is 6.48. The molecule has 7 heteroatoms. The van der Waals surface area contributed by atoms with Crippen LogP contribution in [0, 0.1) is 0 Å². The van der Waals surface area contributed by atoms with Gasteiger partial charge in [-0.3, -0.25) is 9.59 Å². The lowest BCUT2D eigenvalue weighted by Gasteiger charge is -2.25. The van der Waals surface area contributed by atoms with Crippen LogP contribution in [0.25, 0.3) is 5.76 Å². The maximum absolute atomic E-state index is 13.3. The Bertz CT molecular complexity index is 1280. The summed E-state index contributed by atoms with van der Waals surface area (Å²) in [7, 11) is 1.57. The van der Waals surface area contributed by atoms with E-state index in [-0.39, 0.29) is 24.0 Å². The number of nitrogens with zero attached hydrogens (tertiary/aromatic N) is 1. The summed E-state index contributed by atoms with van der Waals surface area (Å²) in [6, 6.07) is 20.6. The number of aliphatic hydroxyl groups is 1. The van der Waals surface area contributed by atoms with Gasteiger partial charge in [0.25, 0.3) is 11.7 Å². The van der Waals surface area contributed by atoms with E-state index >= 15 is 0 Å². The van der Waals surface area contributed by atoms with E-state index in [1.54, 1.807) is 55.6 Å². The predicted molar refractivity (Wildman–Crippen MR) is 141 cm³/mol. The van der Waals surface area contributed by atoms with Crippen molar-refractivity contribution in [2.45, 2.75) is 39.5 Å². The van der Waals surface area contributed by atoms with Crippen molar-refractivity contribution in [3.8, 4) is 17.2 Å². The van der Waals surface area contributed by atoms with Crippen molar-refractivity contribution in [2.75, 3.05) is 13.7 Å². The lowest BCUT2D eigenvalue weighted by atomic mass is 9.95. The second-order valence-corrected chi connectivity index (χ2v) is 8.97. The van der Waals surface area contributed by atoms with E-state index < -0.39 is 17.7 Å². The van der Waals surface area contributed by atoms with E-state index in [4.69, 9.17) is 14.2 Å². The van der Waals surface area contributed by atoms with Gasteiger partial charge in [-0.15, -0.1) is 0 Å². The van der Waals surface area contributed by atoms with Crippen LogP contribution in [0.1, 0.15) is 43.5 Å². The van der Waals surface area contributed by atoms with Gasteiger partial charge in [-0.25, -0.2) is 0 Å². The molecule has 1 unspecified atom stereocenters. The van der Waals surface area contributed by atoms with Crippen molar-refractivity contribution in [2.24, 2.45) is 0 Å². The summed E-state index contributed by atoms with van der Waals surface area (Å²) in [5, 5.41) is 11.3. The minimum absolute atomic E-state index is 0.0408. The number of ketones is 1. The molecule has 0 bridgehead atoms. The molecule has 0 spiro atoms. The number of aliphatic hydroxyl groups excluding tert-OH is 1. The van der Waals surface area contributed by atoms with E-state index in [9.17, 15) is 14.7 Å². The van der Waals surface area contributed by atoms with Gasteiger partial charge in [0.05, 0.1) is 31.4 Å². The van der Waals surface area contributed by atoms with E-state index in [1.165, 1.54) is 4.90 Å². The zero-order chi connectivity index (χ0) is 26.5. The Balaban J connectivity index is 1.75. The molecular formula is C30H31NO6. The number of rotatable bonds is 9. The first-order valence-electron chi connectivity index (χ1n) is 12.2. The first kappa shape index (κ1) is 25.8. The monoisotopic (exact) mass is 501 g/mol. The molecule has 0 aliphatic carbocycles. The fraction of sp³-hybridized carbons (Fsp3) is 0.267. The molecule has 0 saturated carbocycles.